The van der Waals surface area contributed by atoms with E-state index in [1.165, 1.54) is 18.9 Å². The number of carbonyl (C=O) groups is 2. The molecule has 25 heavy (non-hydrogen) atoms. The van der Waals surface area contributed by atoms with Crippen LogP contribution in [0.3, 0.4) is 0 Å². The molecule has 1 aliphatic rings. The van der Waals surface area contributed by atoms with Crippen LogP contribution < -0.4 is 4.74 Å². The molecule has 1 N–H and O–H groups in total. The summed E-state index contributed by atoms with van der Waals surface area (Å²) in [4.78, 5) is 25.0. The Hall–Kier alpha value is -1.41. The number of fused-ring (bicyclic) bond motifs is 1. The van der Waals surface area contributed by atoms with Crippen molar-refractivity contribution in [3.63, 3.8) is 0 Å². The van der Waals surface area contributed by atoms with Crippen LogP contribution in [-0.4, -0.2) is 48.4 Å². The van der Waals surface area contributed by atoms with Crippen molar-refractivity contribution in [1.82, 2.24) is 0 Å². The van der Waals surface area contributed by atoms with Crippen molar-refractivity contribution in [3.05, 3.63) is 29.8 Å². The lowest BCUT2D eigenvalue weighted by Crippen LogP contribution is -2.63. The minimum atomic E-state index is -2.23. The van der Waals surface area contributed by atoms with E-state index in [1.807, 2.05) is 6.26 Å². The SMILES string of the molecule is CCC(=O)C(=O)C1(O)c2ccccc2OC1(OC)C(C)COCSC. The Morgan fingerprint density at radius 2 is 2.04 bits per heavy atom. The van der Waals surface area contributed by atoms with Crippen LogP contribution in [-0.2, 0) is 24.7 Å². The number of hydrogen-bond donors (Lipinski definition) is 1. The second kappa shape index (κ2) is 7.86. The molecule has 0 fully saturated rings. The molecule has 3 atom stereocenters. The summed E-state index contributed by atoms with van der Waals surface area (Å²) in [6.45, 7) is 3.52. The van der Waals surface area contributed by atoms with Crippen molar-refractivity contribution in [2.75, 3.05) is 25.9 Å². The fourth-order valence-corrected chi connectivity index (χ4v) is 3.45. The van der Waals surface area contributed by atoms with Crippen LogP contribution in [0.5, 0.6) is 5.75 Å². The van der Waals surface area contributed by atoms with Gasteiger partial charge in [0.1, 0.15) is 5.75 Å². The number of carbonyl (C=O) groups excluding carboxylic acids is 2. The van der Waals surface area contributed by atoms with E-state index in [-0.39, 0.29) is 18.6 Å². The first kappa shape index (κ1) is 19.9. The summed E-state index contributed by atoms with van der Waals surface area (Å²) in [5.41, 5.74) is -1.99. The van der Waals surface area contributed by atoms with Crippen molar-refractivity contribution >= 4 is 23.3 Å². The quantitative estimate of drug-likeness (QED) is 0.406. The molecule has 2 rings (SSSR count). The van der Waals surface area contributed by atoms with E-state index in [0.29, 0.717) is 11.7 Å². The lowest BCUT2D eigenvalue weighted by molar-refractivity contribution is -0.279. The van der Waals surface area contributed by atoms with E-state index in [1.54, 1.807) is 38.1 Å². The highest BCUT2D eigenvalue weighted by Crippen LogP contribution is 2.52. The molecule has 0 saturated carbocycles. The van der Waals surface area contributed by atoms with E-state index < -0.39 is 28.9 Å². The molecular formula is C18H24O6S. The largest absolute Gasteiger partial charge is 0.457 e. The average Bonchev–Trinajstić information content (AvgIpc) is 2.91. The molecule has 6 nitrogen and oxygen atoms in total. The Morgan fingerprint density at radius 1 is 1.36 bits per heavy atom. The van der Waals surface area contributed by atoms with Gasteiger partial charge in [-0.3, -0.25) is 9.59 Å². The van der Waals surface area contributed by atoms with Crippen LogP contribution in [0.4, 0.5) is 0 Å². The van der Waals surface area contributed by atoms with Gasteiger partial charge in [-0.2, -0.15) is 0 Å². The van der Waals surface area contributed by atoms with E-state index >= 15 is 0 Å². The first-order valence-corrected chi connectivity index (χ1v) is 9.48. The zero-order valence-electron chi connectivity index (χ0n) is 14.9. The Kier molecular flexibility index (Phi) is 6.26. The highest BCUT2D eigenvalue weighted by molar-refractivity contribution is 7.98. The van der Waals surface area contributed by atoms with Crippen molar-refractivity contribution in [2.24, 2.45) is 5.92 Å². The first-order chi connectivity index (χ1) is 11.9. The Labute approximate surface area is 151 Å². The van der Waals surface area contributed by atoms with Crippen LogP contribution in [0.15, 0.2) is 24.3 Å². The molecule has 138 valence electrons. The maximum atomic E-state index is 12.9. The molecule has 0 bridgehead atoms. The second-order valence-electron chi connectivity index (χ2n) is 5.96. The van der Waals surface area contributed by atoms with Gasteiger partial charge in [0.15, 0.2) is 0 Å². The second-order valence-corrected chi connectivity index (χ2v) is 6.78. The molecule has 3 unspecified atom stereocenters. The predicted octanol–water partition coefficient (Wildman–Crippen LogP) is 2.13. The standard InChI is InChI=1S/C18H24O6S/c1-5-14(19)16(20)17(21)13-8-6-7-9-15(13)24-18(17,22-3)12(2)10-23-11-25-4/h6-9,12,21H,5,10-11H2,1-4H3. The van der Waals surface area contributed by atoms with Gasteiger partial charge in [-0.15, -0.1) is 11.8 Å². The molecule has 0 aliphatic carbocycles. The third-order valence-corrected chi connectivity index (χ3v) is 4.87. The number of hydrogen-bond acceptors (Lipinski definition) is 7. The number of benzene rings is 1. The van der Waals surface area contributed by atoms with Gasteiger partial charge >= 0.3 is 0 Å². The molecule has 0 saturated heterocycles. The van der Waals surface area contributed by atoms with Crippen LogP contribution >= 0.6 is 11.8 Å². The molecule has 1 aromatic carbocycles. The molecule has 7 heteroatoms. The van der Waals surface area contributed by atoms with Gasteiger partial charge in [-0.1, -0.05) is 32.0 Å². The molecular weight excluding hydrogens is 344 g/mol. The first-order valence-electron chi connectivity index (χ1n) is 8.09. The van der Waals surface area contributed by atoms with Gasteiger partial charge < -0.3 is 19.3 Å². The number of aliphatic hydroxyl groups is 1. The zero-order chi connectivity index (χ0) is 18.7. The van der Waals surface area contributed by atoms with E-state index in [2.05, 4.69) is 0 Å². The number of rotatable bonds is 9. The molecule has 0 radical (unpaired) electrons. The highest BCUT2D eigenvalue weighted by Gasteiger charge is 2.68. The zero-order valence-corrected chi connectivity index (χ0v) is 15.7. The van der Waals surface area contributed by atoms with Gasteiger partial charge in [-0.25, -0.2) is 0 Å². The van der Waals surface area contributed by atoms with Crippen molar-refractivity contribution < 1.29 is 28.9 Å². The Bertz CT molecular complexity index is 648. The minimum absolute atomic E-state index is 0.0134. The van der Waals surface area contributed by atoms with Gasteiger partial charge in [0.2, 0.25) is 17.2 Å². The Morgan fingerprint density at radius 3 is 2.64 bits per heavy atom. The van der Waals surface area contributed by atoms with Crippen molar-refractivity contribution in [1.29, 1.82) is 0 Å². The fourth-order valence-electron chi connectivity index (χ4n) is 3.19. The molecule has 0 amide bonds. The van der Waals surface area contributed by atoms with Crippen molar-refractivity contribution in [2.45, 2.75) is 31.7 Å². The molecule has 1 aliphatic heterocycles. The van der Waals surface area contributed by atoms with Gasteiger partial charge in [0, 0.05) is 25.0 Å². The monoisotopic (exact) mass is 368 g/mol. The maximum Gasteiger partial charge on any atom is 0.256 e. The maximum absolute atomic E-state index is 12.9. The number of Topliss-reactive ketones (excluding diaryl/α,β-unsaturated/α-hetero) is 2. The van der Waals surface area contributed by atoms with Gasteiger partial charge in [-0.05, 0) is 12.3 Å². The van der Waals surface area contributed by atoms with Crippen molar-refractivity contribution in [3.8, 4) is 5.75 Å². The molecule has 0 aromatic heterocycles. The van der Waals surface area contributed by atoms with E-state index in [9.17, 15) is 14.7 Å². The lowest BCUT2D eigenvalue weighted by atomic mass is 9.76. The van der Waals surface area contributed by atoms with Gasteiger partial charge in [0.05, 0.1) is 12.5 Å². The van der Waals surface area contributed by atoms with Crippen LogP contribution in [0, 0.1) is 5.92 Å². The summed E-state index contributed by atoms with van der Waals surface area (Å²) < 4.78 is 17.0. The third-order valence-electron chi connectivity index (χ3n) is 4.47. The number of methoxy groups -OCH3 is 1. The summed E-state index contributed by atoms with van der Waals surface area (Å²) in [6, 6.07) is 6.62. The van der Waals surface area contributed by atoms with E-state index in [4.69, 9.17) is 14.2 Å². The topological polar surface area (TPSA) is 82.1 Å². The number of ether oxygens (including phenoxy) is 3. The normalized spacial score (nSPS) is 26.0. The number of ketones is 2. The van der Waals surface area contributed by atoms with Crippen LogP contribution in [0.1, 0.15) is 25.8 Å². The summed E-state index contributed by atoms with van der Waals surface area (Å²) in [5, 5.41) is 11.5. The summed E-state index contributed by atoms with van der Waals surface area (Å²) in [7, 11) is 1.35. The lowest BCUT2D eigenvalue weighted by Gasteiger charge is -2.41. The smallest absolute Gasteiger partial charge is 0.256 e. The van der Waals surface area contributed by atoms with Crippen LogP contribution in [0.25, 0.3) is 0 Å². The minimum Gasteiger partial charge on any atom is -0.457 e. The summed E-state index contributed by atoms with van der Waals surface area (Å²) in [6.07, 6.45) is 1.89. The average molecular weight is 368 g/mol. The summed E-state index contributed by atoms with van der Waals surface area (Å²) >= 11 is 1.51. The molecule has 0 spiro atoms. The predicted molar refractivity (Wildman–Crippen MR) is 94.5 cm³/mol. The fraction of sp³-hybridized carbons (Fsp3) is 0.556. The summed E-state index contributed by atoms with van der Waals surface area (Å²) in [5.74, 6) is -3.09. The Balaban J connectivity index is 2.54. The van der Waals surface area contributed by atoms with Gasteiger partial charge in [0.25, 0.3) is 5.79 Å². The molecule has 1 heterocycles. The number of para-hydroxylation sites is 1. The third kappa shape index (κ3) is 3.10. The highest BCUT2D eigenvalue weighted by atomic mass is 32.2. The number of thioether (sulfide) groups is 1. The molecule has 1 aromatic rings. The van der Waals surface area contributed by atoms with E-state index in [0.717, 1.165) is 0 Å². The van der Waals surface area contributed by atoms with Crippen LogP contribution in [0.2, 0.25) is 0 Å².